The predicted molar refractivity (Wildman–Crippen MR) is 60.3 cm³/mol. The number of hydrogen-bond acceptors (Lipinski definition) is 4. The molecule has 0 fully saturated rings. The molecule has 6 nitrogen and oxygen atoms in total. The number of rotatable bonds is 4. The SMILES string of the molecule is CNC(=O)CNc1cc(C)c(F)cc1[N+](=O)[O-]. The van der Waals surface area contributed by atoms with Gasteiger partial charge in [-0.1, -0.05) is 0 Å². The molecule has 0 aliphatic carbocycles. The Labute approximate surface area is 97.0 Å². The van der Waals surface area contributed by atoms with Crippen LogP contribution in [0.1, 0.15) is 5.56 Å². The molecule has 0 saturated carbocycles. The van der Waals surface area contributed by atoms with Crippen molar-refractivity contribution >= 4 is 17.3 Å². The zero-order valence-corrected chi connectivity index (χ0v) is 9.41. The van der Waals surface area contributed by atoms with Gasteiger partial charge in [0.15, 0.2) is 0 Å². The average Bonchev–Trinajstić information content (AvgIpc) is 2.29. The number of amides is 1. The van der Waals surface area contributed by atoms with Crippen LogP contribution in [0, 0.1) is 22.9 Å². The summed E-state index contributed by atoms with van der Waals surface area (Å²) in [5.41, 5.74) is 0.00418. The van der Waals surface area contributed by atoms with Crippen molar-refractivity contribution in [2.24, 2.45) is 0 Å². The van der Waals surface area contributed by atoms with Gasteiger partial charge in [0, 0.05) is 7.05 Å². The van der Waals surface area contributed by atoms with Gasteiger partial charge < -0.3 is 10.6 Å². The molecule has 1 aromatic carbocycles. The zero-order chi connectivity index (χ0) is 13.0. The first kappa shape index (κ1) is 12.9. The van der Waals surface area contributed by atoms with Gasteiger partial charge in [0.1, 0.15) is 11.5 Å². The Morgan fingerprint density at radius 2 is 2.18 bits per heavy atom. The molecule has 0 atom stereocenters. The van der Waals surface area contributed by atoms with E-state index in [4.69, 9.17) is 0 Å². The van der Waals surface area contributed by atoms with Crippen LogP contribution in [0.15, 0.2) is 12.1 Å². The van der Waals surface area contributed by atoms with E-state index in [0.717, 1.165) is 6.07 Å². The molecule has 0 aromatic heterocycles. The number of benzene rings is 1. The summed E-state index contributed by atoms with van der Waals surface area (Å²) in [5.74, 6) is -0.969. The van der Waals surface area contributed by atoms with Gasteiger partial charge in [-0.3, -0.25) is 14.9 Å². The third-order valence-electron chi connectivity index (χ3n) is 2.19. The number of nitrogens with zero attached hydrogens (tertiary/aromatic N) is 1. The topological polar surface area (TPSA) is 84.3 Å². The summed E-state index contributed by atoms with van der Waals surface area (Å²) < 4.78 is 13.2. The normalized spacial score (nSPS) is 9.82. The van der Waals surface area contributed by atoms with E-state index in [0.29, 0.717) is 0 Å². The summed E-state index contributed by atoms with van der Waals surface area (Å²) >= 11 is 0. The number of aryl methyl sites for hydroxylation is 1. The van der Waals surface area contributed by atoms with Crippen molar-refractivity contribution in [3.05, 3.63) is 33.6 Å². The van der Waals surface area contributed by atoms with Gasteiger partial charge in [0.05, 0.1) is 17.5 Å². The van der Waals surface area contributed by atoms with Crippen LogP contribution in [-0.2, 0) is 4.79 Å². The third kappa shape index (κ3) is 3.13. The highest BCUT2D eigenvalue weighted by atomic mass is 19.1. The number of carbonyl (C=O) groups is 1. The van der Waals surface area contributed by atoms with Crippen LogP contribution in [0.25, 0.3) is 0 Å². The van der Waals surface area contributed by atoms with Gasteiger partial charge in [0.2, 0.25) is 5.91 Å². The molecule has 0 spiro atoms. The first-order chi connectivity index (χ1) is 7.95. The van der Waals surface area contributed by atoms with E-state index < -0.39 is 16.4 Å². The monoisotopic (exact) mass is 241 g/mol. The van der Waals surface area contributed by atoms with E-state index in [9.17, 15) is 19.3 Å². The molecule has 17 heavy (non-hydrogen) atoms. The second-order valence-corrected chi connectivity index (χ2v) is 3.40. The maximum Gasteiger partial charge on any atom is 0.295 e. The van der Waals surface area contributed by atoms with Gasteiger partial charge in [-0.2, -0.15) is 0 Å². The van der Waals surface area contributed by atoms with Gasteiger partial charge in [-0.15, -0.1) is 0 Å². The maximum absolute atomic E-state index is 13.2. The number of nitro groups is 1. The maximum atomic E-state index is 13.2. The van der Waals surface area contributed by atoms with Crippen LogP contribution in [0.5, 0.6) is 0 Å². The third-order valence-corrected chi connectivity index (χ3v) is 2.19. The molecule has 0 heterocycles. The van der Waals surface area contributed by atoms with Crippen LogP contribution in [-0.4, -0.2) is 24.4 Å². The summed E-state index contributed by atoms with van der Waals surface area (Å²) in [6.07, 6.45) is 0. The number of likely N-dealkylation sites (N-methyl/N-ethyl adjacent to an activating group) is 1. The largest absolute Gasteiger partial charge is 0.371 e. The van der Waals surface area contributed by atoms with Crippen LogP contribution >= 0.6 is 0 Å². The summed E-state index contributed by atoms with van der Waals surface area (Å²) in [5, 5.41) is 15.7. The molecule has 0 saturated heterocycles. The first-order valence-electron chi connectivity index (χ1n) is 4.84. The molecular formula is C10H12FN3O3. The van der Waals surface area contributed by atoms with Crippen LogP contribution in [0.4, 0.5) is 15.8 Å². The molecule has 0 radical (unpaired) electrons. The van der Waals surface area contributed by atoms with Crippen molar-refractivity contribution in [1.29, 1.82) is 0 Å². The molecule has 7 heteroatoms. The number of halogens is 1. The van der Waals surface area contributed by atoms with E-state index >= 15 is 0 Å². The molecule has 1 aromatic rings. The summed E-state index contributed by atoms with van der Waals surface area (Å²) in [6, 6.07) is 2.14. The van der Waals surface area contributed by atoms with E-state index in [2.05, 4.69) is 10.6 Å². The fourth-order valence-corrected chi connectivity index (χ4v) is 1.23. The van der Waals surface area contributed by atoms with Crippen LogP contribution in [0.3, 0.4) is 0 Å². The smallest absolute Gasteiger partial charge is 0.295 e. The molecule has 1 amide bonds. The second-order valence-electron chi connectivity index (χ2n) is 3.40. The molecule has 0 aliphatic heterocycles. The van der Waals surface area contributed by atoms with Crippen molar-refractivity contribution in [2.75, 3.05) is 18.9 Å². The van der Waals surface area contributed by atoms with Gasteiger partial charge in [0.25, 0.3) is 5.69 Å². The lowest BCUT2D eigenvalue weighted by atomic mass is 10.2. The highest BCUT2D eigenvalue weighted by Crippen LogP contribution is 2.27. The van der Waals surface area contributed by atoms with Crippen molar-refractivity contribution < 1.29 is 14.1 Å². The van der Waals surface area contributed by atoms with Crippen molar-refractivity contribution in [3.63, 3.8) is 0 Å². The van der Waals surface area contributed by atoms with E-state index in [1.165, 1.54) is 20.0 Å². The lowest BCUT2D eigenvalue weighted by Crippen LogP contribution is -2.26. The van der Waals surface area contributed by atoms with Gasteiger partial charge >= 0.3 is 0 Å². The molecule has 1 rings (SSSR count). The second kappa shape index (κ2) is 5.24. The van der Waals surface area contributed by atoms with Crippen molar-refractivity contribution in [1.82, 2.24) is 5.32 Å². The molecule has 0 bridgehead atoms. The fraction of sp³-hybridized carbons (Fsp3) is 0.300. The highest BCUT2D eigenvalue weighted by molar-refractivity contribution is 5.81. The highest BCUT2D eigenvalue weighted by Gasteiger charge is 2.17. The number of carbonyl (C=O) groups excluding carboxylic acids is 1. The minimum absolute atomic E-state index is 0.109. The Balaban J connectivity index is 3.00. The summed E-state index contributed by atoms with van der Waals surface area (Å²) in [7, 11) is 1.45. The van der Waals surface area contributed by atoms with E-state index in [1.807, 2.05) is 0 Å². The van der Waals surface area contributed by atoms with Crippen molar-refractivity contribution in [3.8, 4) is 0 Å². The van der Waals surface area contributed by atoms with Gasteiger partial charge in [-0.05, 0) is 18.6 Å². The van der Waals surface area contributed by atoms with E-state index in [-0.39, 0.29) is 23.7 Å². The number of anilines is 1. The Morgan fingerprint density at radius 3 is 2.71 bits per heavy atom. The molecule has 2 N–H and O–H groups in total. The quantitative estimate of drug-likeness (QED) is 0.612. The zero-order valence-electron chi connectivity index (χ0n) is 9.41. The Kier molecular flexibility index (Phi) is 3.97. The summed E-state index contributed by atoms with van der Waals surface area (Å²) in [6.45, 7) is 1.38. The minimum atomic E-state index is -0.700. The molecule has 92 valence electrons. The van der Waals surface area contributed by atoms with Crippen LogP contribution < -0.4 is 10.6 Å². The van der Waals surface area contributed by atoms with Crippen molar-refractivity contribution in [2.45, 2.75) is 6.92 Å². The predicted octanol–water partition coefficient (Wildman–Crippen LogP) is 1.20. The Morgan fingerprint density at radius 1 is 1.53 bits per heavy atom. The number of nitro benzene ring substituents is 1. The van der Waals surface area contributed by atoms with Gasteiger partial charge in [-0.25, -0.2) is 4.39 Å². The van der Waals surface area contributed by atoms with E-state index in [1.54, 1.807) is 0 Å². The summed E-state index contributed by atoms with van der Waals surface area (Å²) in [4.78, 5) is 21.0. The number of hydrogen-bond donors (Lipinski definition) is 2. The Hall–Kier alpha value is -2.18. The fourth-order valence-electron chi connectivity index (χ4n) is 1.23. The first-order valence-corrected chi connectivity index (χ1v) is 4.84. The standard InChI is InChI=1S/C10H12FN3O3/c1-6-3-8(13-5-10(15)12-2)9(14(16)17)4-7(6)11/h3-4,13H,5H2,1-2H3,(H,12,15). The molecule has 0 aliphatic rings. The van der Waals surface area contributed by atoms with Crippen LogP contribution in [0.2, 0.25) is 0 Å². The Bertz CT molecular complexity index is 462. The average molecular weight is 241 g/mol. The lowest BCUT2D eigenvalue weighted by molar-refractivity contribution is -0.384. The number of nitrogens with one attached hydrogen (secondary N) is 2. The lowest BCUT2D eigenvalue weighted by Gasteiger charge is -2.07. The minimum Gasteiger partial charge on any atom is -0.371 e. The molecule has 0 unspecified atom stereocenters. The molecular weight excluding hydrogens is 229 g/mol.